The van der Waals surface area contributed by atoms with Gasteiger partial charge >= 0.3 is 0 Å². The standard InChI is InChI=1S/C15H12N2O2S/c18-20(19)13-6-2-1-4-11(13)15-12(5-3-7-14(15)20)17-9-8-16-10-17/h1-7,10H,8-9H2. The summed E-state index contributed by atoms with van der Waals surface area (Å²) in [5, 5.41) is 0. The molecule has 5 heteroatoms. The Morgan fingerprint density at radius 2 is 1.80 bits per heavy atom. The minimum Gasteiger partial charge on any atom is -0.330 e. The lowest BCUT2D eigenvalue weighted by atomic mass is 10.0. The van der Waals surface area contributed by atoms with Gasteiger partial charge in [0.15, 0.2) is 0 Å². The lowest BCUT2D eigenvalue weighted by Crippen LogP contribution is -2.19. The summed E-state index contributed by atoms with van der Waals surface area (Å²) in [6.07, 6.45) is 1.78. The number of rotatable bonds is 1. The van der Waals surface area contributed by atoms with Crippen LogP contribution in [0, 0.1) is 0 Å². The fourth-order valence-corrected chi connectivity index (χ4v) is 4.54. The van der Waals surface area contributed by atoms with Crippen molar-refractivity contribution in [2.75, 3.05) is 18.0 Å². The van der Waals surface area contributed by atoms with Gasteiger partial charge in [-0.15, -0.1) is 0 Å². The Morgan fingerprint density at radius 1 is 1.00 bits per heavy atom. The van der Waals surface area contributed by atoms with Gasteiger partial charge in [-0.3, -0.25) is 4.99 Å². The number of anilines is 1. The van der Waals surface area contributed by atoms with Crippen LogP contribution in [0.1, 0.15) is 0 Å². The number of hydrogen-bond acceptors (Lipinski definition) is 4. The van der Waals surface area contributed by atoms with Crippen LogP contribution >= 0.6 is 0 Å². The molecule has 2 heterocycles. The second-order valence-electron chi connectivity index (χ2n) is 4.86. The molecule has 0 saturated heterocycles. The summed E-state index contributed by atoms with van der Waals surface area (Å²) in [6, 6.07) is 12.6. The third kappa shape index (κ3) is 1.41. The maximum Gasteiger partial charge on any atom is 0.207 e. The van der Waals surface area contributed by atoms with E-state index in [0.717, 1.165) is 29.9 Å². The van der Waals surface area contributed by atoms with Crippen LogP contribution in [0.3, 0.4) is 0 Å². The van der Waals surface area contributed by atoms with Crippen LogP contribution in [-0.2, 0) is 9.84 Å². The first-order valence-electron chi connectivity index (χ1n) is 6.44. The van der Waals surface area contributed by atoms with Crippen LogP contribution in [0.15, 0.2) is 57.2 Å². The molecule has 0 radical (unpaired) electrons. The highest BCUT2D eigenvalue weighted by Gasteiger charge is 2.35. The van der Waals surface area contributed by atoms with Gasteiger partial charge in [0.05, 0.1) is 28.4 Å². The second-order valence-corrected chi connectivity index (χ2v) is 6.75. The van der Waals surface area contributed by atoms with E-state index in [9.17, 15) is 8.42 Å². The number of benzene rings is 2. The smallest absolute Gasteiger partial charge is 0.207 e. The summed E-state index contributed by atoms with van der Waals surface area (Å²) in [6.45, 7) is 1.54. The highest BCUT2D eigenvalue weighted by atomic mass is 32.2. The molecule has 2 aromatic rings. The van der Waals surface area contributed by atoms with Crippen molar-refractivity contribution in [1.82, 2.24) is 0 Å². The Morgan fingerprint density at radius 3 is 2.60 bits per heavy atom. The van der Waals surface area contributed by atoms with E-state index in [1.165, 1.54) is 0 Å². The molecular weight excluding hydrogens is 272 g/mol. The molecule has 0 aliphatic carbocycles. The molecule has 0 atom stereocenters. The van der Waals surface area contributed by atoms with Gasteiger partial charge < -0.3 is 4.90 Å². The van der Waals surface area contributed by atoms with Crippen molar-refractivity contribution < 1.29 is 8.42 Å². The van der Waals surface area contributed by atoms with Crippen molar-refractivity contribution in [3.63, 3.8) is 0 Å². The van der Waals surface area contributed by atoms with Gasteiger partial charge in [-0.1, -0.05) is 24.3 Å². The largest absolute Gasteiger partial charge is 0.330 e. The van der Waals surface area contributed by atoms with Gasteiger partial charge in [0.1, 0.15) is 0 Å². The third-order valence-corrected chi connectivity index (χ3v) is 5.59. The average Bonchev–Trinajstić information content (AvgIpc) is 3.07. The second kappa shape index (κ2) is 3.93. The first-order chi connectivity index (χ1) is 9.69. The molecule has 100 valence electrons. The molecule has 0 spiro atoms. The van der Waals surface area contributed by atoms with Gasteiger partial charge in [0, 0.05) is 17.7 Å². The lowest BCUT2D eigenvalue weighted by Gasteiger charge is -2.17. The van der Waals surface area contributed by atoms with Crippen molar-refractivity contribution in [1.29, 1.82) is 0 Å². The summed E-state index contributed by atoms with van der Waals surface area (Å²) in [5.41, 5.74) is 2.51. The molecule has 0 bridgehead atoms. The molecule has 0 saturated carbocycles. The zero-order chi connectivity index (χ0) is 13.7. The predicted octanol–water partition coefficient (Wildman–Crippen LogP) is 2.35. The van der Waals surface area contributed by atoms with Gasteiger partial charge in [-0.05, 0) is 18.2 Å². The molecule has 4 nitrogen and oxygen atoms in total. The van der Waals surface area contributed by atoms with E-state index in [4.69, 9.17) is 0 Å². The molecular formula is C15H12N2O2S. The Kier molecular flexibility index (Phi) is 2.29. The van der Waals surface area contributed by atoms with Crippen LogP contribution in [0.5, 0.6) is 0 Å². The Balaban J connectivity index is 2.07. The number of aliphatic imine (C=N–C) groups is 1. The predicted molar refractivity (Wildman–Crippen MR) is 78.0 cm³/mol. The normalized spacial score (nSPS) is 18.1. The van der Waals surface area contributed by atoms with E-state index in [2.05, 4.69) is 4.99 Å². The zero-order valence-corrected chi connectivity index (χ0v) is 11.5. The Bertz CT molecular complexity index is 841. The quantitative estimate of drug-likeness (QED) is 0.689. The summed E-state index contributed by atoms with van der Waals surface area (Å²) < 4.78 is 25.2. The molecule has 0 unspecified atom stereocenters. The summed E-state index contributed by atoms with van der Waals surface area (Å²) >= 11 is 0. The molecule has 2 aromatic carbocycles. The average molecular weight is 284 g/mol. The fourth-order valence-electron chi connectivity index (χ4n) is 2.84. The first kappa shape index (κ1) is 11.7. The van der Waals surface area contributed by atoms with Crippen LogP contribution in [-0.4, -0.2) is 27.8 Å². The van der Waals surface area contributed by atoms with Gasteiger partial charge in [-0.2, -0.15) is 0 Å². The summed E-state index contributed by atoms with van der Waals surface area (Å²) in [7, 11) is -3.39. The van der Waals surface area contributed by atoms with Crippen LogP contribution < -0.4 is 4.90 Å². The van der Waals surface area contributed by atoms with Gasteiger partial charge in [-0.25, -0.2) is 8.42 Å². The number of sulfone groups is 1. The van der Waals surface area contributed by atoms with E-state index in [1.54, 1.807) is 30.6 Å². The topological polar surface area (TPSA) is 49.7 Å². The molecule has 0 N–H and O–H groups in total. The van der Waals surface area contributed by atoms with Crippen LogP contribution in [0.25, 0.3) is 11.1 Å². The maximum atomic E-state index is 12.6. The summed E-state index contributed by atoms with van der Waals surface area (Å²) in [4.78, 5) is 7.02. The molecule has 20 heavy (non-hydrogen) atoms. The molecule has 2 aliphatic rings. The van der Waals surface area contributed by atoms with E-state index < -0.39 is 9.84 Å². The van der Waals surface area contributed by atoms with E-state index in [0.29, 0.717) is 9.79 Å². The van der Waals surface area contributed by atoms with Crippen LogP contribution in [0.2, 0.25) is 0 Å². The maximum absolute atomic E-state index is 12.6. The Hall–Kier alpha value is -2.14. The number of nitrogens with zero attached hydrogens (tertiary/aromatic N) is 2. The van der Waals surface area contributed by atoms with Crippen molar-refractivity contribution >= 4 is 21.9 Å². The fraction of sp³-hybridized carbons (Fsp3) is 0.133. The number of fused-ring (bicyclic) bond motifs is 3. The molecule has 0 amide bonds. The highest BCUT2D eigenvalue weighted by Crippen LogP contribution is 2.47. The summed E-state index contributed by atoms with van der Waals surface area (Å²) in [5.74, 6) is 0. The van der Waals surface area contributed by atoms with Gasteiger partial charge in [0.25, 0.3) is 0 Å². The van der Waals surface area contributed by atoms with Crippen molar-refractivity contribution in [2.24, 2.45) is 4.99 Å². The van der Waals surface area contributed by atoms with Gasteiger partial charge in [0.2, 0.25) is 9.84 Å². The molecule has 4 rings (SSSR count). The highest BCUT2D eigenvalue weighted by molar-refractivity contribution is 7.92. The SMILES string of the molecule is O=S1(=O)c2ccccc2-c2c(N3C=NCC3)cccc21. The van der Waals surface area contributed by atoms with Crippen molar-refractivity contribution in [2.45, 2.75) is 9.79 Å². The molecule has 0 aromatic heterocycles. The minimum atomic E-state index is -3.39. The molecule has 2 aliphatic heterocycles. The van der Waals surface area contributed by atoms with E-state index in [1.807, 2.05) is 23.1 Å². The minimum absolute atomic E-state index is 0.400. The lowest BCUT2D eigenvalue weighted by molar-refractivity contribution is 0.598. The first-order valence-corrected chi connectivity index (χ1v) is 7.92. The van der Waals surface area contributed by atoms with Crippen LogP contribution in [0.4, 0.5) is 5.69 Å². The zero-order valence-electron chi connectivity index (χ0n) is 10.7. The monoisotopic (exact) mass is 284 g/mol. The molecule has 0 fully saturated rings. The van der Waals surface area contributed by atoms with Crippen molar-refractivity contribution in [3.8, 4) is 11.1 Å². The Labute approximate surface area is 117 Å². The number of hydrogen-bond donors (Lipinski definition) is 0. The van der Waals surface area contributed by atoms with E-state index in [-0.39, 0.29) is 0 Å². The third-order valence-electron chi connectivity index (χ3n) is 3.74. The van der Waals surface area contributed by atoms with Crippen molar-refractivity contribution in [3.05, 3.63) is 42.5 Å². The van der Waals surface area contributed by atoms with E-state index >= 15 is 0 Å².